The zero-order valence-corrected chi connectivity index (χ0v) is 19.5. The molecule has 1 aromatic heterocycles. The van der Waals surface area contributed by atoms with Gasteiger partial charge in [-0.2, -0.15) is 0 Å². The molecular formula is C22H31BrN4O2. The fraction of sp³-hybridized carbons (Fsp3) is 0.500. The minimum absolute atomic E-state index is 0.0820. The van der Waals surface area contributed by atoms with Gasteiger partial charge in [0.05, 0.1) is 10.6 Å². The number of benzene rings is 1. The third-order valence-electron chi connectivity index (χ3n) is 5.05. The number of rotatable bonds is 9. The highest BCUT2D eigenvalue weighted by Gasteiger charge is 2.31. The molecule has 1 heterocycles. The summed E-state index contributed by atoms with van der Waals surface area (Å²) in [4.78, 5) is 18.1. The fourth-order valence-electron chi connectivity index (χ4n) is 3.66. The number of pyridine rings is 1. The Balaban J connectivity index is 2.78. The van der Waals surface area contributed by atoms with Crippen LogP contribution < -0.4 is 10.6 Å². The normalized spacial score (nSPS) is 11.3. The molecule has 0 aliphatic carbocycles. The van der Waals surface area contributed by atoms with Gasteiger partial charge in [0.1, 0.15) is 5.69 Å². The van der Waals surface area contributed by atoms with E-state index < -0.39 is 4.92 Å². The third-order valence-corrected chi connectivity index (χ3v) is 5.68. The molecule has 1 aromatic carbocycles. The summed E-state index contributed by atoms with van der Waals surface area (Å²) >= 11 is 3.71. The van der Waals surface area contributed by atoms with Crippen LogP contribution in [0.3, 0.4) is 0 Å². The lowest BCUT2D eigenvalue weighted by Gasteiger charge is -2.34. The minimum atomic E-state index is -0.421. The van der Waals surface area contributed by atoms with Gasteiger partial charge in [0.25, 0.3) is 0 Å². The molecule has 2 N–H and O–H groups in total. The van der Waals surface area contributed by atoms with E-state index in [1.54, 1.807) is 6.07 Å². The van der Waals surface area contributed by atoms with Crippen LogP contribution in [0.5, 0.6) is 0 Å². The van der Waals surface area contributed by atoms with Crippen molar-refractivity contribution in [1.29, 1.82) is 0 Å². The molecule has 2 rings (SSSR count). The van der Waals surface area contributed by atoms with Crippen molar-refractivity contribution in [3.8, 4) is 0 Å². The molecule has 0 aliphatic heterocycles. The molecule has 0 spiro atoms. The summed E-state index contributed by atoms with van der Waals surface area (Å²) in [7, 11) is 0. The first-order valence-electron chi connectivity index (χ1n) is 10.2. The van der Waals surface area contributed by atoms with E-state index >= 15 is 0 Å². The summed E-state index contributed by atoms with van der Waals surface area (Å²) < 4.78 is 0.900. The van der Waals surface area contributed by atoms with Gasteiger partial charge in [-0.25, -0.2) is 4.98 Å². The van der Waals surface area contributed by atoms with Crippen molar-refractivity contribution in [3.63, 3.8) is 0 Å². The van der Waals surface area contributed by atoms with Crippen LogP contribution in [0.25, 0.3) is 0 Å². The van der Waals surface area contributed by atoms with Crippen molar-refractivity contribution >= 4 is 38.8 Å². The number of aromatic nitrogens is 1. The second-order valence-electron chi connectivity index (χ2n) is 7.75. The van der Waals surface area contributed by atoms with Crippen LogP contribution in [-0.4, -0.2) is 15.9 Å². The SMILES string of the molecule is CCCC(CCC)N(c1ccc(C(C)C)cc1Br)c1nc(C)cc(N)c1[N+](=O)[O-]. The van der Waals surface area contributed by atoms with Crippen molar-refractivity contribution < 1.29 is 4.92 Å². The quantitative estimate of drug-likeness (QED) is 0.324. The Kier molecular flexibility index (Phi) is 8.02. The lowest BCUT2D eigenvalue weighted by molar-refractivity contribution is -0.383. The van der Waals surface area contributed by atoms with Crippen LogP contribution in [-0.2, 0) is 0 Å². The number of aryl methyl sites for hydroxylation is 1. The Morgan fingerprint density at radius 3 is 2.31 bits per heavy atom. The Labute approximate surface area is 181 Å². The van der Waals surface area contributed by atoms with Crippen molar-refractivity contribution in [1.82, 2.24) is 4.98 Å². The summed E-state index contributed by atoms with van der Waals surface area (Å²) in [6.07, 6.45) is 3.74. The summed E-state index contributed by atoms with van der Waals surface area (Å²) in [5.74, 6) is 0.704. The molecule has 0 fully saturated rings. The van der Waals surface area contributed by atoms with Gasteiger partial charge in [-0.3, -0.25) is 10.1 Å². The maximum absolute atomic E-state index is 11.9. The Bertz CT molecular complexity index is 864. The summed E-state index contributed by atoms with van der Waals surface area (Å²) in [6, 6.07) is 7.84. The predicted octanol–water partition coefficient (Wildman–Crippen LogP) is 6.87. The number of halogens is 1. The molecule has 0 bridgehead atoms. The summed E-state index contributed by atoms with van der Waals surface area (Å²) in [6.45, 7) is 10.4. The number of nitrogen functional groups attached to an aromatic ring is 1. The molecule has 0 radical (unpaired) electrons. The highest BCUT2D eigenvalue weighted by atomic mass is 79.9. The second-order valence-corrected chi connectivity index (χ2v) is 8.60. The third kappa shape index (κ3) is 5.26. The molecule has 0 atom stereocenters. The van der Waals surface area contributed by atoms with Gasteiger partial charge < -0.3 is 10.6 Å². The van der Waals surface area contributed by atoms with Gasteiger partial charge >= 0.3 is 5.69 Å². The van der Waals surface area contributed by atoms with E-state index in [4.69, 9.17) is 5.73 Å². The average molecular weight is 463 g/mol. The maximum Gasteiger partial charge on any atom is 0.334 e. The molecule has 0 amide bonds. The molecule has 2 aromatic rings. The zero-order chi connectivity index (χ0) is 21.7. The lowest BCUT2D eigenvalue weighted by Crippen LogP contribution is -2.33. The molecule has 6 nitrogen and oxygen atoms in total. The van der Waals surface area contributed by atoms with Crippen LogP contribution in [0.2, 0.25) is 0 Å². The van der Waals surface area contributed by atoms with Gasteiger partial charge in [0, 0.05) is 16.2 Å². The van der Waals surface area contributed by atoms with Crippen molar-refractivity contribution in [2.45, 2.75) is 72.3 Å². The first kappa shape index (κ1) is 23.1. The Hall–Kier alpha value is -2.15. The number of nitrogens with zero attached hydrogens (tertiary/aromatic N) is 3. The fourth-order valence-corrected chi connectivity index (χ4v) is 4.25. The molecule has 7 heteroatoms. The number of anilines is 3. The lowest BCUT2D eigenvalue weighted by atomic mass is 10.0. The maximum atomic E-state index is 11.9. The zero-order valence-electron chi connectivity index (χ0n) is 17.9. The number of nitrogens with two attached hydrogens (primary N) is 1. The average Bonchev–Trinajstić information content (AvgIpc) is 2.62. The summed E-state index contributed by atoms with van der Waals surface area (Å²) in [5.41, 5.74) is 8.82. The Morgan fingerprint density at radius 1 is 1.21 bits per heavy atom. The molecular weight excluding hydrogens is 432 g/mol. The number of hydrogen-bond acceptors (Lipinski definition) is 5. The van der Waals surface area contributed by atoms with Crippen molar-refractivity contribution in [3.05, 3.63) is 50.1 Å². The van der Waals surface area contributed by atoms with Gasteiger partial charge in [-0.05, 0) is 65.4 Å². The molecule has 0 saturated carbocycles. The first-order valence-corrected chi connectivity index (χ1v) is 11.0. The molecule has 29 heavy (non-hydrogen) atoms. The van der Waals surface area contributed by atoms with E-state index in [2.05, 4.69) is 60.7 Å². The van der Waals surface area contributed by atoms with E-state index in [-0.39, 0.29) is 17.4 Å². The van der Waals surface area contributed by atoms with E-state index in [1.165, 1.54) is 5.56 Å². The van der Waals surface area contributed by atoms with Gasteiger partial charge in [0.2, 0.25) is 5.82 Å². The molecule has 0 unspecified atom stereocenters. The van der Waals surface area contributed by atoms with Crippen molar-refractivity contribution in [2.75, 3.05) is 10.6 Å². The second kappa shape index (κ2) is 10.1. The molecule has 158 valence electrons. The van der Waals surface area contributed by atoms with Crippen molar-refractivity contribution in [2.24, 2.45) is 0 Å². The highest BCUT2D eigenvalue weighted by molar-refractivity contribution is 9.10. The number of hydrogen-bond donors (Lipinski definition) is 1. The molecule has 0 aliphatic rings. The standard InChI is InChI=1S/C22H31BrN4O2/c1-6-8-17(9-7-2)26(20-11-10-16(14(3)4)13-18(20)23)22-21(27(28)29)19(24)12-15(5)25-22/h10-14,17H,6-9H2,1-5H3,(H2,24,25). The minimum Gasteiger partial charge on any atom is -0.393 e. The van der Waals surface area contributed by atoms with E-state index in [0.717, 1.165) is 35.8 Å². The number of nitro groups is 1. The van der Waals surface area contributed by atoms with Crippen LogP contribution in [0, 0.1) is 17.0 Å². The van der Waals surface area contributed by atoms with Crippen LogP contribution in [0.1, 0.15) is 70.6 Å². The first-order chi connectivity index (χ1) is 13.7. The van der Waals surface area contributed by atoms with Crippen LogP contribution >= 0.6 is 15.9 Å². The van der Waals surface area contributed by atoms with Gasteiger partial charge in [-0.1, -0.05) is 46.6 Å². The smallest absolute Gasteiger partial charge is 0.334 e. The van der Waals surface area contributed by atoms with Gasteiger partial charge in [-0.15, -0.1) is 0 Å². The van der Waals surface area contributed by atoms with E-state index in [1.807, 2.05) is 17.9 Å². The topological polar surface area (TPSA) is 85.3 Å². The van der Waals surface area contributed by atoms with E-state index in [0.29, 0.717) is 17.4 Å². The van der Waals surface area contributed by atoms with E-state index in [9.17, 15) is 10.1 Å². The monoisotopic (exact) mass is 462 g/mol. The highest BCUT2D eigenvalue weighted by Crippen LogP contribution is 2.42. The predicted molar refractivity (Wildman–Crippen MR) is 124 cm³/mol. The molecule has 0 saturated heterocycles. The van der Waals surface area contributed by atoms with Crippen LogP contribution in [0.4, 0.5) is 22.9 Å². The Morgan fingerprint density at radius 2 is 1.83 bits per heavy atom. The van der Waals surface area contributed by atoms with Gasteiger partial charge in [0.15, 0.2) is 0 Å². The van der Waals surface area contributed by atoms with Crippen LogP contribution in [0.15, 0.2) is 28.7 Å². The summed E-state index contributed by atoms with van der Waals surface area (Å²) in [5, 5.41) is 11.9. The largest absolute Gasteiger partial charge is 0.393 e.